The van der Waals surface area contributed by atoms with Crippen LogP contribution in [0.2, 0.25) is 5.02 Å². The average molecular weight is 269 g/mol. The summed E-state index contributed by atoms with van der Waals surface area (Å²) in [6.07, 6.45) is 1.34. The molecular weight excluding hydrogens is 259 g/mol. The summed E-state index contributed by atoms with van der Waals surface area (Å²) in [5.74, 6) is 5.35. The molecule has 0 bridgehead atoms. The third-order valence-electron chi connectivity index (χ3n) is 2.20. The molecule has 5 nitrogen and oxygen atoms in total. The molecule has 0 saturated heterocycles. The Morgan fingerprint density at radius 3 is 2.89 bits per heavy atom. The van der Waals surface area contributed by atoms with E-state index in [0.29, 0.717) is 11.3 Å². The van der Waals surface area contributed by atoms with Gasteiger partial charge in [-0.1, -0.05) is 17.7 Å². The number of ether oxygens (including phenoxy) is 1. The molecular formula is C11H10ClFN4O. The van der Waals surface area contributed by atoms with Gasteiger partial charge in [-0.25, -0.2) is 15.2 Å². The lowest BCUT2D eigenvalue weighted by Crippen LogP contribution is -2.10. The van der Waals surface area contributed by atoms with Gasteiger partial charge in [-0.05, 0) is 18.6 Å². The fourth-order valence-corrected chi connectivity index (χ4v) is 1.37. The molecule has 0 radical (unpaired) electrons. The lowest BCUT2D eigenvalue weighted by atomic mass is 10.2. The van der Waals surface area contributed by atoms with Crippen molar-refractivity contribution < 1.29 is 9.13 Å². The van der Waals surface area contributed by atoms with Crippen LogP contribution < -0.4 is 16.0 Å². The minimum Gasteiger partial charge on any atom is -0.437 e. The van der Waals surface area contributed by atoms with E-state index in [4.69, 9.17) is 22.2 Å². The second kappa shape index (κ2) is 5.16. The van der Waals surface area contributed by atoms with Crippen LogP contribution in [0.4, 0.5) is 10.3 Å². The van der Waals surface area contributed by atoms with Crippen LogP contribution in [-0.4, -0.2) is 9.97 Å². The van der Waals surface area contributed by atoms with Crippen molar-refractivity contribution in [3.05, 3.63) is 40.8 Å². The number of aryl methyl sites for hydroxylation is 1. The number of nitrogens with one attached hydrogen (secondary N) is 1. The van der Waals surface area contributed by atoms with Crippen molar-refractivity contribution in [3.63, 3.8) is 0 Å². The predicted octanol–water partition coefficient (Wildman–Crippen LogP) is 2.66. The van der Waals surface area contributed by atoms with Gasteiger partial charge >= 0.3 is 0 Å². The fraction of sp³-hybridized carbons (Fsp3) is 0.0909. The van der Waals surface area contributed by atoms with Crippen LogP contribution in [0.1, 0.15) is 5.56 Å². The zero-order valence-corrected chi connectivity index (χ0v) is 10.2. The zero-order valence-electron chi connectivity index (χ0n) is 9.45. The van der Waals surface area contributed by atoms with Gasteiger partial charge in [0, 0.05) is 6.07 Å². The quantitative estimate of drug-likeness (QED) is 0.661. The Balaban J connectivity index is 2.30. The summed E-state index contributed by atoms with van der Waals surface area (Å²) in [6, 6.07) is 4.47. The first-order valence-electron chi connectivity index (χ1n) is 5.03. The second-order valence-corrected chi connectivity index (χ2v) is 3.91. The van der Waals surface area contributed by atoms with Crippen LogP contribution in [0.5, 0.6) is 11.6 Å². The summed E-state index contributed by atoms with van der Waals surface area (Å²) in [6.45, 7) is 1.66. The molecule has 0 spiro atoms. The minimum atomic E-state index is -0.366. The average Bonchev–Trinajstić information content (AvgIpc) is 2.36. The van der Waals surface area contributed by atoms with Crippen molar-refractivity contribution >= 4 is 17.5 Å². The molecule has 94 valence electrons. The highest BCUT2D eigenvalue weighted by atomic mass is 35.5. The van der Waals surface area contributed by atoms with Crippen molar-refractivity contribution in [1.82, 2.24) is 9.97 Å². The Hall–Kier alpha value is -1.92. The van der Waals surface area contributed by atoms with Crippen molar-refractivity contribution in [1.29, 1.82) is 0 Å². The molecule has 0 fully saturated rings. The highest BCUT2D eigenvalue weighted by molar-refractivity contribution is 6.31. The van der Waals surface area contributed by atoms with Gasteiger partial charge in [0.2, 0.25) is 11.8 Å². The smallest absolute Gasteiger partial charge is 0.243 e. The maximum Gasteiger partial charge on any atom is 0.243 e. The number of nitrogen functional groups attached to an aromatic ring is 1. The first-order chi connectivity index (χ1) is 8.60. The van der Waals surface area contributed by atoms with Crippen molar-refractivity contribution in [2.24, 2.45) is 5.84 Å². The summed E-state index contributed by atoms with van der Waals surface area (Å²) in [5.41, 5.74) is 2.79. The molecule has 3 N–H and O–H groups in total. The standard InChI is InChI=1S/C11H10ClFN4O/c1-6-2-3-7(4-9(6)13)18-10-8(12)5-15-11(16-10)17-14/h2-5H,14H2,1H3,(H,15,16,17). The molecule has 18 heavy (non-hydrogen) atoms. The summed E-state index contributed by atoms with van der Waals surface area (Å²) in [4.78, 5) is 7.71. The van der Waals surface area contributed by atoms with E-state index in [0.717, 1.165) is 0 Å². The Kier molecular flexibility index (Phi) is 3.59. The van der Waals surface area contributed by atoms with E-state index >= 15 is 0 Å². The number of aromatic nitrogens is 2. The molecule has 0 atom stereocenters. The van der Waals surface area contributed by atoms with Crippen LogP contribution in [-0.2, 0) is 0 Å². The van der Waals surface area contributed by atoms with E-state index in [-0.39, 0.29) is 22.7 Å². The highest BCUT2D eigenvalue weighted by Gasteiger charge is 2.08. The lowest BCUT2D eigenvalue weighted by Gasteiger charge is -2.08. The lowest BCUT2D eigenvalue weighted by molar-refractivity contribution is 0.457. The van der Waals surface area contributed by atoms with Crippen molar-refractivity contribution in [2.45, 2.75) is 6.92 Å². The van der Waals surface area contributed by atoms with E-state index in [1.165, 1.54) is 12.3 Å². The molecule has 0 aliphatic rings. The first kappa shape index (κ1) is 12.5. The van der Waals surface area contributed by atoms with Gasteiger partial charge < -0.3 is 4.74 Å². The number of hydrogen-bond acceptors (Lipinski definition) is 5. The third-order valence-corrected chi connectivity index (χ3v) is 2.46. The van der Waals surface area contributed by atoms with Gasteiger partial charge in [-0.3, -0.25) is 5.43 Å². The summed E-state index contributed by atoms with van der Waals surface area (Å²) in [7, 11) is 0. The predicted molar refractivity (Wildman–Crippen MR) is 66.1 cm³/mol. The van der Waals surface area contributed by atoms with Crippen LogP contribution >= 0.6 is 11.6 Å². The topological polar surface area (TPSA) is 73.1 Å². The Morgan fingerprint density at radius 1 is 1.44 bits per heavy atom. The number of hydrazine groups is 1. The Labute approximate surface area is 108 Å². The van der Waals surface area contributed by atoms with Crippen molar-refractivity contribution in [2.75, 3.05) is 5.43 Å². The molecule has 1 heterocycles. The number of rotatable bonds is 3. The van der Waals surface area contributed by atoms with Gasteiger partial charge in [-0.2, -0.15) is 4.98 Å². The molecule has 0 saturated carbocycles. The maximum atomic E-state index is 13.3. The summed E-state index contributed by atoms with van der Waals surface area (Å²) < 4.78 is 18.7. The number of halogens is 2. The Bertz CT molecular complexity index is 579. The molecule has 2 rings (SSSR count). The van der Waals surface area contributed by atoms with E-state index in [2.05, 4.69) is 15.4 Å². The molecule has 1 aromatic carbocycles. The SMILES string of the molecule is Cc1ccc(Oc2nc(NN)ncc2Cl)cc1F. The van der Waals surface area contributed by atoms with Crippen LogP contribution in [0.15, 0.2) is 24.4 Å². The normalized spacial score (nSPS) is 10.2. The number of hydrogen-bond donors (Lipinski definition) is 2. The monoisotopic (exact) mass is 268 g/mol. The Morgan fingerprint density at radius 2 is 2.22 bits per heavy atom. The van der Waals surface area contributed by atoms with Crippen molar-refractivity contribution in [3.8, 4) is 11.6 Å². The molecule has 0 unspecified atom stereocenters. The van der Waals surface area contributed by atoms with Gasteiger partial charge in [0.25, 0.3) is 0 Å². The van der Waals surface area contributed by atoms with Crippen LogP contribution in [0, 0.1) is 12.7 Å². The molecule has 1 aromatic heterocycles. The van der Waals surface area contributed by atoms with Gasteiger partial charge in [0.15, 0.2) is 0 Å². The molecule has 7 heteroatoms. The van der Waals surface area contributed by atoms with Gasteiger partial charge in [0.05, 0.1) is 6.20 Å². The van der Waals surface area contributed by atoms with Crippen LogP contribution in [0.3, 0.4) is 0 Å². The fourth-order valence-electron chi connectivity index (χ4n) is 1.24. The zero-order chi connectivity index (χ0) is 13.1. The number of benzene rings is 1. The molecule has 0 amide bonds. The first-order valence-corrected chi connectivity index (χ1v) is 5.41. The third kappa shape index (κ3) is 2.66. The molecule has 0 aliphatic heterocycles. The van der Waals surface area contributed by atoms with E-state index < -0.39 is 0 Å². The second-order valence-electron chi connectivity index (χ2n) is 3.50. The van der Waals surface area contributed by atoms with Gasteiger partial charge in [-0.15, -0.1) is 0 Å². The molecule has 0 aliphatic carbocycles. The van der Waals surface area contributed by atoms with E-state index in [1.807, 2.05) is 0 Å². The summed E-state index contributed by atoms with van der Waals surface area (Å²) in [5, 5.41) is 0.204. The minimum absolute atomic E-state index is 0.0999. The largest absolute Gasteiger partial charge is 0.437 e. The number of anilines is 1. The summed E-state index contributed by atoms with van der Waals surface area (Å²) >= 11 is 5.86. The number of nitrogens with two attached hydrogens (primary N) is 1. The number of nitrogens with zero attached hydrogens (tertiary/aromatic N) is 2. The van der Waals surface area contributed by atoms with Gasteiger partial charge in [0.1, 0.15) is 16.6 Å². The maximum absolute atomic E-state index is 13.3. The highest BCUT2D eigenvalue weighted by Crippen LogP contribution is 2.28. The van der Waals surface area contributed by atoms with E-state index in [1.54, 1.807) is 19.1 Å². The van der Waals surface area contributed by atoms with E-state index in [9.17, 15) is 4.39 Å². The molecule has 2 aromatic rings. The van der Waals surface area contributed by atoms with Crippen LogP contribution in [0.25, 0.3) is 0 Å².